The van der Waals surface area contributed by atoms with Crippen LogP contribution in [0.15, 0.2) is 30.3 Å². The van der Waals surface area contributed by atoms with Crippen LogP contribution < -0.4 is 5.32 Å². The van der Waals surface area contributed by atoms with E-state index in [2.05, 4.69) is 68.4 Å². The summed E-state index contributed by atoms with van der Waals surface area (Å²) in [5.41, 5.74) is 1.44. The number of hydrogen-bond donors (Lipinski definition) is 1. The molecule has 1 atom stereocenters. The molecule has 0 aliphatic rings. The van der Waals surface area contributed by atoms with Gasteiger partial charge in [0.05, 0.1) is 0 Å². The quantitative estimate of drug-likeness (QED) is 0.655. The molecular formula is C18H32N2. The molecule has 0 aliphatic carbocycles. The lowest BCUT2D eigenvalue weighted by Crippen LogP contribution is -2.30. The molecule has 0 amide bonds. The van der Waals surface area contributed by atoms with Gasteiger partial charge in [0.1, 0.15) is 0 Å². The molecule has 114 valence electrons. The molecule has 2 nitrogen and oxygen atoms in total. The van der Waals surface area contributed by atoms with Gasteiger partial charge in [-0.2, -0.15) is 0 Å². The first-order valence-corrected chi connectivity index (χ1v) is 8.07. The largest absolute Gasteiger partial charge is 0.314 e. The second-order valence-electron chi connectivity index (χ2n) is 6.16. The van der Waals surface area contributed by atoms with Crippen molar-refractivity contribution in [3.05, 3.63) is 35.9 Å². The second kappa shape index (κ2) is 9.95. The molecule has 0 saturated heterocycles. The average Bonchev–Trinajstić information content (AvgIpc) is 2.45. The van der Waals surface area contributed by atoms with Crippen LogP contribution in [0, 0.1) is 0 Å². The Kier molecular flexibility index (Phi) is 8.56. The van der Waals surface area contributed by atoms with Gasteiger partial charge in [0.15, 0.2) is 0 Å². The van der Waals surface area contributed by atoms with Crippen molar-refractivity contribution in [2.45, 2.75) is 58.5 Å². The molecule has 0 aromatic heterocycles. The minimum atomic E-state index is 0.609. The highest BCUT2D eigenvalue weighted by Crippen LogP contribution is 2.05. The van der Waals surface area contributed by atoms with E-state index in [9.17, 15) is 0 Å². The molecule has 0 saturated carbocycles. The van der Waals surface area contributed by atoms with E-state index in [0.29, 0.717) is 12.1 Å². The summed E-state index contributed by atoms with van der Waals surface area (Å²) >= 11 is 0. The van der Waals surface area contributed by atoms with Gasteiger partial charge in [-0.3, -0.25) is 0 Å². The zero-order valence-electron chi connectivity index (χ0n) is 13.7. The van der Waals surface area contributed by atoms with Gasteiger partial charge < -0.3 is 10.2 Å². The summed E-state index contributed by atoms with van der Waals surface area (Å²) in [6.45, 7) is 9.15. The number of unbranched alkanes of at least 4 members (excludes halogenated alkanes) is 1. The molecule has 0 radical (unpaired) electrons. The fraction of sp³-hybridized carbons (Fsp3) is 0.667. The molecule has 0 aliphatic heterocycles. The Bertz CT molecular complexity index is 335. The summed E-state index contributed by atoms with van der Waals surface area (Å²) in [6.07, 6.45) is 4.95. The smallest absolute Gasteiger partial charge is 0.00418 e. The molecule has 0 bridgehead atoms. The summed E-state index contributed by atoms with van der Waals surface area (Å²) in [6, 6.07) is 12.0. The van der Waals surface area contributed by atoms with Gasteiger partial charge in [-0.15, -0.1) is 0 Å². The zero-order chi connectivity index (χ0) is 14.8. The maximum atomic E-state index is 3.64. The standard InChI is InChI=1S/C18H32N2/c1-16(2)20(4)15-9-8-14-19-17(3)12-13-18-10-6-5-7-11-18/h5-7,10-11,16-17,19H,8-9,12-15H2,1-4H3. The van der Waals surface area contributed by atoms with Crippen LogP contribution in [0.3, 0.4) is 0 Å². The molecule has 20 heavy (non-hydrogen) atoms. The number of aryl methyl sites for hydroxylation is 1. The van der Waals surface area contributed by atoms with Gasteiger partial charge in [-0.1, -0.05) is 30.3 Å². The van der Waals surface area contributed by atoms with E-state index in [1.807, 2.05) is 0 Å². The van der Waals surface area contributed by atoms with Crippen molar-refractivity contribution in [1.29, 1.82) is 0 Å². The van der Waals surface area contributed by atoms with E-state index in [1.54, 1.807) is 0 Å². The molecule has 0 fully saturated rings. The Morgan fingerprint density at radius 2 is 1.75 bits per heavy atom. The monoisotopic (exact) mass is 276 g/mol. The molecular weight excluding hydrogens is 244 g/mol. The Labute approximate surface area is 125 Å². The highest BCUT2D eigenvalue weighted by Gasteiger charge is 2.03. The van der Waals surface area contributed by atoms with E-state index in [-0.39, 0.29) is 0 Å². The van der Waals surface area contributed by atoms with Gasteiger partial charge in [0.25, 0.3) is 0 Å². The lowest BCUT2D eigenvalue weighted by atomic mass is 10.1. The first-order chi connectivity index (χ1) is 9.59. The van der Waals surface area contributed by atoms with Crippen LogP contribution in [0.5, 0.6) is 0 Å². The Morgan fingerprint density at radius 3 is 2.40 bits per heavy atom. The van der Waals surface area contributed by atoms with Crippen molar-refractivity contribution in [1.82, 2.24) is 10.2 Å². The predicted octanol–water partition coefficient (Wildman–Crippen LogP) is 3.72. The van der Waals surface area contributed by atoms with Crippen molar-refractivity contribution in [3.63, 3.8) is 0 Å². The van der Waals surface area contributed by atoms with Crippen molar-refractivity contribution >= 4 is 0 Å². The van der Waals surface area contributed by atoms with Crippen molar-refractivity contribution in [2.75, 3.05) is 20.1 Å². The SMILES string of the molecule is CC(CCc1ccccc1)NCCCCN(C)C(C)C. The first kappa shape index (κ1) is 17.2. The van der Waals surface area contributed by atoms with E-state index < -0.39 is 0 Å². The summed E-state index contributed by atoms with van der Waals surface area (Å²) in [5, 5.41) is 3.64. The van der Waals surface area contributed by atoms with E-state index in [1.165, 1.54) is 37.8 Å². The Balaban J connectivity index is 2.02. The van der Waals surface area contributed by atoms with Gasteiger partial charge in [0.2, 0.25) is 0 Å². The molecule has 1 rings (SSSR count). The number of nitrogens with one attached hydrogen (secondary N) is 1. The third-order valence-corrected chi connectivity index (χ3v) is 4.02. The molecule has 1 unspecified atom stereocenters. The number of hydrogen-bond acceptors (Lipinski definition) is 2. The molecule has 1 N–H and O–H groups in total. The summed E-state index contributed by atoms with van der Waals surface area (Å²) < 4.78 is 0. The van der Waals surface area contributed by atoms with Gasteiger partial charge in [-0.25, -0.2) is 0 Å². The molecule has 0 heterocycles. The molecule has 1 aromatic rings. The maximum Gasteiger partial charge on any atom is 0.00418 e. The van der Waals surface area contributed by atoms with Gasteiger partial charge >= 0.3 is 0 Å². The van der Waals surface area contributed by atoms with Gasteiger partial charge in [0, 0.05) is 12.1 Å². The molecule has 2 heteroatoms. The van der Waals surface area contributed by atoms with Crippen LogP contribution in [0.4, 0.5) is 0 Å². The second-order valence-corrected chi connectivity index (χ2v) is 6.16. The highest BCUT2D eigenvalue weighted by molar-refractivity contribution is 5.14. The van der Waals surface area contributed by atoms with Crippen LogP contribution in [-0.4, -0.2) is 37.1 Å². The number of benzene rings is 1. The van der Waals surface area contributed by atoms with Crippen molar-refractivity contribution < 1.29 is 0 Å². The summed E-state index contributed by atoms with van der Waals surface area (Å²) in [5.74, 6) is 0. The molecule has 1 aromatic carbocycles. The fourth-order valence-electron chi connectivity index (χ4n) is 2.22. The summed E-state index contributed by atoms with van der Waals surface area (Å²) in [7, 11) is 2.21. The minimum absolute atomic E-state index is 0.609. The first-order valence-electron chi connectivity index (χ1n) is 8.07. The average molecular weight is 276 g/mol. The Hall–Kier alpha value is -0.860. The lowest BCUT2D eigenvalue weighted by Gasteiger charge is -2.21. The molecule has 0 spiro atoms. The van der Waals surface area contributed by atoms with Crippen LogP contribution in [0.25, 0.3) is 0 Å². The summed E-state index contributed by atoms with van der Waals surface area (Å²) in [4.78, 5) is 2.42. The van der Waals surface area contributed by atoms with Crippen LogP contribution in [0.1, 0.15) is 45.6 Å². The van der Waals surface area contributed by atoms with E-state index >= 15 is 0 Å². The highest BCUT2D eigenvalue weighted by atomic mass is 15.1. The Morgan fingerprint density at radius 1 is 1.05 bits per heavy atom. The van der Waals surface area contributed by atoms with Crippen LogP contribution in [-0.2, 0) is 6.42 Å². The van der Waals surface area contributed by atoms with Crippen molar-refractivity contribution in [2.24, 2.45) is 0 Å². The van der Waals surface area contributed by atoms with Crippen LogP contribution in [0.2, 0.25) is 0 Å². The third kappa shape index (κ3) is 7.66. The number of nitrogens with zero attached hydrogens (tertiary/aromatic N) is 1. The van der Waals surface area contributed by atoms with Gasteiger partial charge in [-0.05, 0) is 72.2 Å². The van der Waals surface area contributed by atoms with Crippen molar-refractivity contribution in [3.8, 4) is 0 Å². The normalized spacial score (nSPS) is 13.1. The zero-order valence-corrected chi connectivity index (χ0v) is 13.7. The third-order valence-electron chi connectivity index (χ3n) is 4.02. The van der Waals surface area contributed by atoms with E-state index in [4.69, 9.17) is 0 Å². The lowest BCUT2D eigenvalue weighted by molar-refractivity contribution is 0.267. The maximum absolute atomic E-state index is 3.64. The van der Waals surface area contributed by atoms with Crippen LogP contribution >= 0.6 is 0 Å². The number of rotatable bonds is 10. The predicted molar refractivity (Wildman–Crippen MR) is 89.2 cm³/mol. The minimum Gasteiger partial charge on any atom is -0.314 e. The fourth-order valence-corrected chi connectivity index (χ4v) is 2.22. The topological polar surface area (TPSA) is 15.3 Å². The van der Waals surface area contributed by atoms with E-state index in [0.717, 1.165) is 6.54 Å².